The fourth-order valence-corrected chi connectivity index (χ4v) is 5.56. The summed E-state index contributed by atoms with van der Waals surface area (Å²) in [6, 6.07) is 11.6. The number of anilines is 1. The van der Waals surface area contributed by atoms with E-state index in [4.69, 9.17) is 4.18 Å². The van der Waals surface area contributed by atoms with Crippen LogP contribution in [0.15, 0.2) is 47.4 Å². The molecule has 1 N–H and O–H groups in total. The van der Waals surface area contributed by atoms with Gasteiger partial charge in [-0.2, -0.15) is 8.42 Å². The maximum Gasteiger partial charge on any atom is 0.296 e. The molecule has 9 nitrogen and oxygen atoms in total. The summed E-state index contributed by atoms with van der Waals surface area (Å²) in [5.41, 5.74) is 3.25. The normalized spacial score (nSPS) is 20.9. The Kier molecular flexibility index (Phi) is 5.65. The van der Waals surface area contributed by atoms with Gasteiger partial charge in [0.1, 0.15) is 6.04 Å². The number of aryl methyl sites for hydroxylation is 1. The number of rotatable bonds is 6. The van der Waals surface area contributed by atoms with Gasteiger partial charge < -0.3 is 9.80 Å². The average molecular weight is 484 g/mol. The Morgan fingerprint density at radius 3 is 2.50 bits per heavy atom. The minimum atomic E-state index is -3.79. The standard InChI is InChI=1S/C24H25N3O6S/c1-15-2-6-19(7-3-15)34(31,32)33-14-16-11-26(12-16)18-5-4-17-13-27(24(30)20(17)10-18)21-8-9-22(28)25-23(21)29/h2-7,10,16,21H,8-9,11-14H2,1H3,(H,25,28,29). The summed E-state index contributed by atoms with van der Waals surface area (Å²) in [6.07, 6.45) is 0.551. The van der Waals surface area contributed by atoms with Gasteiger partial charge in [-0.25, -0.2) is 0 Å². The molecule has 178 valence electrons. The molecule has 0 aromatic heterocycles. The third-order valence-electron chi connectivity index (χ3n) is 6.60. The molecule has 0 spiro atoms. The zero-order chi connectivity index (χ0) is 24.0. The Balaban J connectivity index is 1.18. The highest BCUT2D eigenvalue weighted by Crippen LogP contribution is 2.33. The van der Waals surface area contributed by atoms with Crippen molar-refractivity contribution in [1.29, 1.82) is 0 Å². The van der Waals surface area contributed by atoms with E-state index in [0.717, 1.165) is 16.8 Å². The van der Waals surface area contributed by atoms with Crippen LogP contribution in [0, 0.1) is 12.8 Å². The lowest BCUT2D eigenvalue weighted by molar-refractivity contribution is -0.136. The zero-order valence-electron chi connectivity index (χ0n) is 18.7. The van der Waals surface area contributed by atoms with Crippen LogP contribution in [-0.2, 0) is 30.4 Å². The monoisotopic (exact) mass is 483 g/mol. The van der Waals surface area contributed by atoms with Gasteiger partial charge in [-0.15, -0.1) is 0 Å². The molecule has 3 aliphatic rings. The minimum absolute atomic E-state index is 0.0594. The molecule has 10 heteroatoms. The van der Waals surface area contributed by atoms with Gasteiger partial charge in [0.25, 0.3) is 16.0 Å². The maximum atomic E-state index is 13.0. The van der Waals surface area contributed by atoms with E-state index in [1.165, 1.54) is 17.0 Å². The number of amides is 3. The maximum absolute atomic E-state index is 13.0. The highest BCUT2D eigenvalue weighted by molar-refractivity contribution is 7.86. The lowest BCUT2D eigenvalue weighted by atomic mass is 9.99. The minimum Gasteiger partial charge on any atom is -0.371 e. The van der Waals surface area contributed by atoms with Gasteiger partial charge in [-0.1, -0.05) is 23.8 Å². The molecule has 1 unspecified atom stereocenters. The van der Waals surface area contributed by atoms with Crippen molar-refractivity contribution in [2.75, 3.05) is 24.6 Å². The Morgan fingerprint density at radius 1 is 1.06 bits per heavy atom. The zero-order valence-corrected chi connectivity index (χ0v) is 19.5. The molecule has 5 rings (SSSR count). The summed E-state index contributed by atoms with van der Waals surface area (Å²) in [7, 11) is -3.79. The SMILES string of the molecule is Cc1ccc(S(=O)(=O)OCC2CN(c3ccc4c(c3)C(=O)N(C3CCC(=O)NC3=O)C4)C2)cc1. The second-order valence-electron chi connectivity index (χ2n) is 9.06. The van der Waals surface area contributed by atoms with Gasteiger partial charge in [0.05, 0.1) is 11.5 Å². The largest absolute Gasteiger partial charge is 0.371 e. The number of imide groups is 1. The van der Waals surface area contributed by atoms with E-state index < -0.39 is 22.1 Å². The predicted octanol–water partition coefficient (Wildman–Crippen LogP) is 1.60. The molecule has 0 bridgehead atoms. The molecule has 3 aliphatic heterocycles. The molecule has 3 heterocycles. The number of piperidine rings is 1. The molecular formula is C24H25N3O6S. The van der Waals surface area contributed by atoms with E-state index in [1.807, 2.05) is 25.1 Å². The molecule has 2 aromatic rings. The molecule has 3 amide bonds. The smallest absolute Gasteiger partial charge is 0.296 e. The van der Waals surface area contributed by atoms with Gasteiger partial charge in [0.2, 0.25) is 11.8 Å². The molecule has 0 aliphatic carbocycles. The summed E-state index contributed by atoms with van der Waals surface area (Å²) in [5.74, 6) is -0.889. The highest BCUT2D eigenvalue weighted by Gasteiger charge is 2.39. The number of hydrogen-bond acceptors (Lipinski definition) is 7. The van der Waals surface area contributed by atoms with Crippen molar-refractivity contribution in [3.8, 4) is 0 Å². The van der Waals surface area contributed by atoms with E-state index in [-0.39, 0.29) is 35.7 Å². The number of hydrogen-bond donors (Lipinski definition) is 1. The highest BCUT2D eigenvalue weighted by atomic mass is 32.2. The van der Waals surface area contributed by atoms with Crippen LogP contribution in [0.3, 0.4) is 0 Å². The summed E-state index contributed by atoms with van der Waals surface area (Å²) in [5, 5.41) is 2.31. The average Bonchev–Trinajstić information content (AvgIpc) is 3.09. The molecular weight excluding hydrogens is 458 g/mol. The molecule has 0 saturated carbocycles. The number of nitrogens with zero attached hydrogens (tertiary/aromatic N) is 2. The van der Waals surface area contributed by atoms with Crippen molar-refractivity contribution >= 4 is 33.5 Å². The van der Waals surface area contributed by atoms with E-state index in [2.05, 4.69) is 10.2 Å². The first-order chi connectivity index (χ1) is 16.2. The van der Waals surface area contributed by atoms with E-state index in [1.54, 1.807) is 12.1 Å². The Morgan fingerprint density at radius 2 is 1.79 bits per heavy atom. The van der Waals surface area contributed by atoms with Crippen LogP contribution in [0.25, 0.3) is 0 Å². The van der Waals surface area contributed by atoms with Crippen LogP contribution in [0.5, 0.6) is 0 Å². The molecule has 2 aromatic carbocycles. The Labute approximate surface area is 197 Å². The first-order valence-electron chi connectivity index (χ1n) is 11.2. The van der Waals surface area contributed by atoms with Crippen molar-refractivity contribution in [2.45, 2.75) is 37.2 Å². The third-order valence-corrected chi connectivity index (χ3v) is 7.90. The summed E-state index contributed by atoms with van der Waals surface area (Å²) < 4.78 is 30.0. The number of carbonyl (C=O) groups excluding carboxylic acids is 3. The number of carbonyl (C=O) groups is 3. The molecule has 1 atom stereocenters. The second-order valence-corrected chi connectivity index (χ2v) is 10.7. The van der Waals surface area contributed by atoms with E-state index >= 15 is 0 Å². The van der Waals surface area contributed by atoms with Gasteiger partial charge >= 0.3 is 0 Å². The predicted molar refractivity (Wildman–Crippen MR) is 123 cm³/mol. The molecule has 34 heavy (non-hydrogen) atoms. The first-order valence-corrected chi connectivity index (χ1v) is 12.6. The van der Waals surface area contributed by atoms with Gasteiger partial charge in [-0.05, 0) is 43.2 Å². The van der Waals surface area contributed by atoms with Crippen LogP contribution in [0.1, 0.15) is 34.3 Å². The fraction of sp³-hybridized carbons (Fsp3) is 0.375. The molecule has 2 saturated heterocycles. The quantitative estimate of drug-likeness (QED) is 0.490. The van der Waals surface area contributed by atoms with Crippen LogP contribution in [0.4, 0.5) is 5.69 Å². The van der Waals surface area contributed by atoms with Crippen molar-refractivity contribution in [3.05, 3.63) is 59.2 Å². The van der Waals surface area contributed by atoms with Crippen molar-refractivity contribution in [2.24, 2.45) is 5.92 Å². The second kappa shape index (κ2) is 8.52. The fourth-order valence-electron chi connectivity index (χ4n) is 4.58. The van der Waals surface area contributed by atoms with Crippen LogP contribution >= 0.6 is 0 Å². The summed E-state index contributed by atoms with van der Waals surface area (Å²) >= 11 is 0. The van der Waals surface area contributed by atoms with Crippen molar-refractivity contribution in [3.63, 3.8) is 0 Å². The van der Waals surface area contributed by atoms with Crippen molar-refractivity contribution < 1.29 is 27.0 Å². The first kappa shape index (κ1) is 22.5. The lowest BCUT2D eigenvalue weighted by Crippen LogP contribution is -2.52. The van der Waals surface area contributed by atoms with Crippen LogP contribution < -0.4 is 10.2 Å². The van der Waals surface area contributed by atoms with Gasteiger partial charge in [0.15, 0.2) is 0 Å². The van der Waals surface area contributed by atoms with Gasteiger partial charge in [-0.3, -0.25) is 23.9 Å². The van der Waals surface area contributed by atoms with Crippen LogP contribution in [0.2, 0.25) is 0 Å². The molecule has 2 fully saturated rings. The Hall–Kier alpha value is -3.24. The van der Waals surface area contributed by atoms with Gasteiger partial charge in [0, 0.05) is 43.2 Å². The molecule has 0 radical (unpaired) electrons. The number of nitrogens with one attached hydrogen (secondary N) is 1. The van der Waals surface area contributed by atoms with E-state index in [0.29, 0.717) is 31.6 Å². The number of fused-ring (bicyclic) bond motifs is 1. The van der Waals surface area contributed by atoms with E-state index in [9.17, 15) is 22.8 Å². The lowest BCUT2D eigenvalue weighted by Gasteiger charge is -2.40. The third kappa shape index (κ3) is 4.19. The summed E-state index contributed by atoms with van der Waals surface area (Å²) in [6.45, 7) is 3.56. The van der Waals surface area contributed by atoms with Crippen molar-refractivity contribution in [1.82, 2.24) is 10.2 Å². The number of benzene rings is 2. The topological polar surface area (TPSA) is 113 Å². The van der Waals surface area contributed by atoms with Crippen LogP contribution in [-0.4, -0.2) is 56.8 Å². The summed E-state index contributed by atoms with van der Waals surface area (Å²) in [4.78, 5) is 40.4. The Bertz CT molecular complexity index is 1270.